The molecule has 0 bridgehead atoms. The molecule has 112 valence electrons. The van der Waals surface area contributed by atoms with Crippen LogP contribution in [0.1, 0.15) is 33.6 Å². The zero-order chi connectivity index (χ0) is 15.6. The third-order valence-corrected chi connectivity index (χ3v) is 4.51. The Kier molecular flexibility index (Phi) is 6.30. The summed E-state index contributed by atoms with van der Waals surface area (Å²) in [7, 11) is -3.58. The van der Waals surface area contributed by atoms with Crippen molar-refractivity contribution in [3.63, 3.8) is 0 Å². The van der Waals surface area contributed by atoms with Crippen LogP contribution in [-0.4, -0.2) is 35.9 Å². The normalized spacial score (nSPS) is 16.0. The SMILES string of the molecule is COP(=O)([O-])C(=O)CCCN1C(=O)c2ccccc2C1=O.[Li+]. The first-order chi connectivity index (χ1) is 9.88. The van der Waals surface area contributed by atoms with Gasteiger partial charge in [0.25, 0.3) is 11.8 Å². The van der Waals surface area contributed by atoms with E-state index in [1.54, 1.807) is 24.3 Å². The molecule has 0 aromatic heterocycles. The Morgan fingerprint density at radius 3 is 2.18 bits per heavy atom. The second-order valence-electron chi connectivity index (χ2n) is 4.48. The summed E-state index contributed by atoms with van der Waals surface area (Å²) in [6.45, 7) is -0.0121. The molecule has 0 radical (unpaired) electrons. The van der Waals surface area contributed by atoms with Gasteiger partial charge in [0.1, 0.15) is 0 Å². The second-order valence-corrected chi connectivity index (χ2v) is 6.34. The van der Waals surface area contributed by atoms with Gasteiger partial charge in [0.2, 0.25) is 5.52 Å². The van der Waals surface area contributed by atoms with Gasteiger partial charge in [-0.3, -0.25) is 19.3 Å². The number of imide groups is 1. The van der Waals surface area contributed by atoms with Gasteiger partial charge in [0.05, 0.1) is 11.1 Å². The van der Waals surface area contributed by atoms with Crippen molar-refractivity contribution in [3.05, 3.63) is 35.4 Å². The fourth-order valence-electron chi connectivity index (χ4n) is 2.07. The molecule has 9 heteroatoms. The number of hydrogen-bond acceptors (Lipinski definition) is 6. The van der Waals surface area contributed by atoms with E-state index < -0.39 is 24.9 Å². The van der Waals surface area contributed by atoms with Crippen molar-refractivity contribution in [2.45, 2.75) is 12.8 Å². The van der Waals surface area contributed by atoms with E-state index in [0.29, 0.717) is 11.1 Å². The number of fused-ring (bicyclic) bond motifs is 1. The van der Waals surface area contributed by atoms with Crippen LogP contribution in [-0.2, 0) is 13.9 Å². The van der Waals surface area contributed by atoms with E-state index in [0.717, 1.165) is 12.0 Å². The van der Waals surface area contributed by atoms with Crippen LogP contribution in [0.2, 0.25) is 0 Å². The summed E-state index contributed by atoms with van der Waals surface area (Å²) < 4.78 is 15.3. The van der Waals surface area contributed by atoms with E-state index in [2.05, 4.69) is 4.52 Å². The van der Waals surface area contributed by atoms with Gasteiger partial charge in [-0.15, -0.1) is 0 Å². The molecule has 1 atom stereocenters. The first-order valence-corrected chi connectivity index (χ1v) is 7.78. The maximum Gasteiger partial charge on any atom is 1.00 e. The standard InChI is InChI=1S/C13H14NO6P.Li/c1-20-21(18,19)11(15)7-4-8-14-12(16)9-5-2-3-6-10(9)13(14)17;/h2-3,5-6H,4,7-8H2,1H3,(H,18,19);/q;+1/p-1. The molecule has 22 heavy (non-hydrogen) atoms. The number of benzene rings is 1. The summed E-state index contributed by atoms with van der Waals surface area (Å²) in [6, 6.07) is 6.42. The summed E-state index contributed by atoms with van der Waals surface area (Å²) in [5.74, 6) is -0.861. The van der Waals surface area contributed by atoms with Crippen LogP contribution >= 0.6 is 7.60 Å². The molecule has 1 aliphatic heterocycles. The largest absolute Gasteiger partial charge is 1.00 e. The van der Waals surface area contributed by atoms with Crippen molar-refractivity contribution in [1.29, 1.82) is 0 Å². The molecule has 1 heterocycles. The number of carbonyl (C=O) groups is 3. The molecule has 2 rings (SSSR count). The molecule has 1 unspecified atom stereocenters. The van der Waals surface area contributed by atoms with Crippen LogP contribution in [0.3, 0.4) is 0 Å². The summed E-state index contributed by atoms with van der Waals surface area (Å²) in [5.41, 5.74) is -0.401. The van der Waals surface area contributed by atoms with Crippen LogP contribution in [0.25, 0.3) is 0 Å². The molecule has 0 aliphatic carbocycles. The zero-order valence-electron chi connectivity index (χ0n) is 12.3. The van der Waals surface area contributed by atoms with Crippen LogP contribution in [0.4, 0.5) is 0 Å². The summed E-state index contributed by atoms with van der Waals surface area (Å²) >= 11 is 0. The molecule has 0 saturated carbocycles. The molecule has 2 amide bonds. The summed E-state index contributed by atoms with van der Waals surface area (Å²) in [5, 5.41) is 0. The molecule has 0 N–H and O–H groups in total. The van der Waals surface area contributed by atoms with Gasteiger partial charge in [-0.05, 0) is 18.6 Å². The van der Waals surface area contributed by atoms with E-state index >= 15 is 0 Å². The van der Waals surface area contributed by atoms with Gasteiger partial charge in [-0.2, -0.15) is 0 Å². The van der Waals surface area contributed by atoms with Crippen LogP contribution < -0.4 is 23.8 Å². The Labute approximate surface area is 139 Å². The molecular weight excluding hydrogens is 304 g/mol. The minimum atomic E-state index is -4.49. The van der Waals surface area contributed by atoms with E-state index in [1.165, 1.54) is 0 Å². The van der Waals surface area contributed by atoms with E-state index in [-0.39, 0.29) is 38.2 Å². The van der Waals surface area contributed by atoms with Crippen LogP contribution in [0, 0.1) is 0 Å². The van der Waals surface area contributed by atoms with Crippen LogP contribution in [0.15, 0.2) is 24.3 Å². The maximum atomic E-state index is 12.0. The Bertz CT molecular complexity index is 627. The fourth-order valence-corrected chi connectivity index (χ4v) is 2.70. The number of carbonyl (C=O) groups excluding carboxylic acids is 3. The quantitative estimate of drug-likeness (QED) is 0.335. The average Bonchev–Trinajstić information content (AvgIpc) is 2.72. The number of hydrogen-bond donors (Lipinski definition) is 0. The first kappa shape index (κ1) is 18.8. The predicted molar refractivity (Wildman–Crippen MR) is 70.7 cm³/mol. The Balaban J connectivity index is 0.00000242. The average molecular weight is 317 g/mol. The van der Waals surface area contributed by atoms with Crippen molar-refractivity contribution in [3.8, 4) is 0 Å². The third-order valence-electron chi connectivity index (χ3n) is 3.20. The van der Waals surface area contributed by atoms with E-state index in [4.69, 9.17) is 0 Å². The Morgan fingerprint density at radius 1 is 1.23 bits per heavy atom. The van der Waals surface area contributed by atoms with Crippen molar-refractivity contribution in [1.82, 2.24) is 4.90 Å². The van der Waals surface area contributed by atoms with Gasteiger partial charge in [-0.1, -0.05) is 12.1 Å². The molecule has 0 fully saturated rings. The third kappa shape index (κ3) is 3.57. The first-order valence-electron chi connectivity index (χ1n) is 6.24. The molecule has 1 aromatic carbocycles. The minimum Gasteiger partial charge on any atom is -0.773 e. The van der Waals surface area contributed by atoms with E-state index in [9.17, 15) is 23.8 Å². The minimum absolute atomic E-state index is 0. The molecule has 1 aromatic rings. The van der Waals surface area contributed by atoms with Gasteiger partial charge in [0.15, 0.2) is 7.60 Å². The van der Waals surface area contributed by atoms with Gasteiger partial charge in [-0.25, -0.2) is 0 Å². The number of nitrogens with zero attached hydrogens (tertiary/aromatic N) is 1. The number of amides is 2. The Hall–Kier alpha value is -1.22. The van der Waals surface area contributed by atoms with Crippen molar-refractivity contribution < 1.29 is 47.2 Å². The predicted octanol–water partition coefficient (Wildman–Crippen LogP) is -2.21. The van der Waals surface area contributed by atoms with Gasteiger partial charge < -0.3 is 14.0 Å². The molecule has 7 nitrogen and oxygen atoms in total. The van der Waals surface area contributed by atoms with Gasteiger partial charge >= 0.3 is 18.9 Å². The van der Waals surface area contributed by atoms with E-state index in [1.807, 2.05) is 0 Å². The van der Waals surface area contributed by atoms with Crippen molar-refractivity contribution in [2.75, 3.05) is 13.7 Å². The fraction of sp³-hybridized carbons (Fsp3) is 0.308. The molecule has 0 saturated heterocycles. The zero-order valence-corrected chi connectivity index (χ0v) is 13.2. The van der Waals surface area contributed by atoms with Crippen molar-refractivity contribution >= 4 is 24.9 Å². The van der Waals surface area contributed by atoms with Crippen LogP contribution in [0.5, 0.6) is 0 Å². The molecular formula is C13H13LiNO6P. The second kappa shape index (κ2) is 7.36. The van der Waals surface area contributed by atoms with Crippen molar-refractivity contribution in [2.24, 2.45) is 0 Å². The summed E-state index contributed by atoms with van der Waals surface area (Å²) in [4.78, 5) is 47.5. The smallest absolute Gasteiger partial charge is 0.773 e. The number of rotatable bonds is 6. The maximum absolute atomic E-state index is 12.0. The molecule has 0 spiro atoms. The van der Waals surface area contributed by atoms with Gasteiger partial charge in [0, 0.05) is 20.1 Å². The topological polar surface area (TPSA) is 104 Å². The summed E-state index contributed by atoms with van der Waals surface area (Å²) in [6.07, 6.45) is -0.234. The Morgan fingerprint density at radius 2 is 1.73 bits per heavy atom. The monoisotopic (exact) mass is 317 g/mol. The molecule has 1 aliphatic rings.